The minimum absolute atomic E-state index is 0. The summed E-state index contributed by atoms with van der Waals surface area (Å²) in [6.45, 7) is 12.7. The van der Waals surface area contributed by atoms with Gasteiger partial charge in [0.25, 0.3) is 0 Å². The highest BCUT2D eigenvalue weighted by molar-refractivity contribution is 8.93. The Labute approximate surface area is 277 Å². The lowest BCUT2D eigenvalue weighted by Gasteiger charge is -2.21. The molecule has 0 saturated carbocycles. The zero-order valence-electron chi connectivity index (χ0n) is 27.5. The van der Waals surface area contributed by atoms with Crippen molar-refractivity contribution in [1.82, 2.24) is 4.90 Å². The van der Waals surface area contributed by atoms with E-state index in [9.17, 15) is 4.79 Å². The third kappa shape index (κ3) is 14.6. The molecule has 1 amide bonds. The number of amides is 1. The van der Waals surface area contributed by atoms with Crippen molar-refractivity contribution in [2.75, 3.05) is 17.8 Å². The quantitative estimate of drug-likeness (QED) is 0.151. The van der Waals surface area contributed by atoms with Crippen LogP contribution in [0, 0.1) is 0 Å². The third-order valence-corrected chi connectivity index (χ3v) is 9.01. The summed E-state index contributed by atoms with van der Waals surface area (Å²) in [5, 5.41) is 3.08. The van der Waals surface area contributed by atoms with Crippen molar-refractivity contribution < 1.29 is 9.53 Å². The van der Waals surface area contributed by atoms with E-state index in [0.717, 1.165) is 35.8 Å². The van der Waals surface area contributed by atoms with E-state index in [1.807, 2.05) is 23.9 Å². The van der Waals surface area contributed by atoms with E-state index in [0.29, 0.717) is 13.0 Å². The average molecular weight is 674 g/mol. The molecule has 0 fully saturated rings. The first-order valence-corrected chi connectivity index (χ1v) is 17.4. The Morgan fingerprint density at radius 2 is 1.49 bits per heavy atom. The van der Waals surface area contributed by atoms with Gasteiger partial charge in [0, 0.05) is 24.0 Å². The predicted molar refractivity (Wildman–Crippen MR) is 193 cm³/mol. The van der Waals surface area contributed by atoms with Crippen molar-refractivity contribution in [3.63, 3.8) is 0 Å². The van der Waals surface area contributed by atoms with Crippen molar-refractivity contribution in [2.24, 2.45) is 0 Å². The number of halogens is 1. The molecule has 240 valence electrons. The molecule has 1 aliphatic heterocycles. The van der Waals surface area contributed by atoms with E-state index in [2.05, 4.69) is 81.4 Å². The first-order chi connectivity index (χ1) is 20.2. The Balaban J connectivity index is 0.00000645. The molecule has 4 nitrogen and oxygen atoms in total. The van der Waals surface area contributed by atoms with Gasteiger partial charge in [-0.05, 0) is 53.0 Å². The second-order valence-corrected chi connectivity index (χ2v) is 14.2. The van der Waals surface area contributed by atoms with E-state index in [1.54, 1.807) is 0 Å². The number of rotatable bonds is 19. The van der Waals surface area contributed by atoms with Gasteiger partial charge in [-0.3, -0.25) is 4.79 Å². The number of nitrogens with zero attached hydrogens (tertiary/aromatic N) is 1. The maximum absolute atomic E-state index is 13.0. The van der Waals surface area contributed by atoms with Gasteiger partial charge in [-0.1, -0.05) is 123 Å². The van der Waals surface area contributed by atoms with Gasteiger partial charge in [0.1, 0.15) is 5.75 Å². The number of carbonyl (C=O) groups excluding carboxylic acids is 1. The monoisotopic (exact) mass is 672 g/mol. The number of allylic oxidation sites excluding steroid dienone is 1. The van der Waals surface area contributed by atoms with Gasteiger partial charge >= 0.3 is 0 Å². The maximum atomic E-state index is 13.0. The van der Waals surface area contributed by atoms with Crippen LogP contribution in [-0.4, -0.2) is 23.3 Å². The molecule has 0 bridgehead atoms. The first kappa shape index (κ1) is 37.3. The Hall–Kier alpha value is -1.92. The molecule has 0 spiro atoms. The van der Waals surface area contributed by atoms with Crippen LogP contribution >= 0.6 is 28.7 Å². The highest BCUT2D eigenvalue weighted by atomic mass is 79.9. The van der Waals surface area contributed by atoms with Gasteiger partial charge in [0.2, 0.25) is 5.91 Å². The van der Waals surface area contributed by atoms with Crippen molar-refractivity contribution >= 4 is 40.3 Å². The summed E-state index contributed by atoms with van der Waals surface area (Å²) in [5.41, 5.74) is 4.28. The molecule has 1 N–H and O–H groups in total. The Kier molecular flexibility index (Phi) is 17.5. The van der Waals surface area contributed by atoms with Crippen LogP contribution in [0.5, 0.6) is 5.75 Å². The molecular weight excluding hydrogens is 616 g/mol. The molecule has 0 saturated heterocycles. The molecule has 3 rings (SSSR count). The fourth-order valence-electron chi connectivity index (χ4n) is 5.34. The number of unbranched alkanes of at least 4 members (excludes halogenated alkanes) is 11. The predicted octanol–water partition coefficient (Wildman–Crippen LogP) is 11.2. The number of nitrogens with one attached hydrogen (secondary N) is 1. The smallest absolute Gasteiger partial charge is 0.228 e. The summed E-state index contributed by atoms with van der Waals surface area (Å²) in [5.74, 6) is 1.83. The SMILES string of the molecule is Br.CCCCCCCCCCCCCCOc1cc(C(C)(C)C)ccc1CC(=O)Nc1ccc(CN2C=C(C)SC2)cc1. The van der Waals surface area contributed by atoms with E-state index in [4.69, 9.17) is 4.74 Å². The molecule has 0 aliphatic carbocycles. The molecule has 2 aromatic carbocycles. The highest BCUT2D eigenvalue weighted by Gasteiger charge is 2.18. The lowest BCUT2D eigenvalue weighted by atomic mass is 9.86. The van der Waals surface area contributed by atoms with Gasteiger partial charge < -0.3 is 15.0 Å². The minimum atomic E-state index is -0.0176. The van der Waals surface area contributed by atoms with Crippen LogP contribution in [0.25, 0.3) is 0 Å². The second-order valence-electron chi connectivity index (χ2n) is 13.0. The molecule has 0 atom stereocenters. The fourth-order valence-corrected chi connectivity index (χ4v) is 6.10. The van der Waals surface area contributed by atoms with E-state index < -0.39 is 0 Å². The number of benzene rings is 2. The topological polar surface area (TPSA) is 41.6 Å². The van der Waals surface area contributed by atoms with E-state index >= 15 is 0 Å². The highest BCUT2D eigenvalue weighted by Crippen LogP contribution is 2.30. The van der Waals surface area contributed by atoms with Gasteiger partial charge in [-0.15, -0.1) is 28.7 Å². The molecular formula is C37H57BrN2O2S. The Morgan fingerprint density at radius 1 is 0.884 bits per heavy atom. The van der Waals surface area contributed by atoms with Gasteiger partial charge in [-0.25, -0.2) is 0 Å². The molecule has 6 heteroatoms. The number of anilines is 1. The van der Waals surface area contributed by atoms with Crippen molar-refractivity contribution in [3.8, 4) is 5.75 Å². The lowest BCUT2D eigenvalue weighted by molar-refractivity contribution is -0.115. The molecule has 1 heterocycles. The summed E-state index contributed by atoms with van der Waals surface area (Å²) < 4.78 is 6.31. The van der Waals surface area contributed by atoms with Crippen LogP contribution in [0.1, 0.15) is 128 Å². The van der Waals surface area contributed by atoms with Crippen LogP contribution in [0.2, 0.25) is 0 Å². The number of carbonyl (C=O) groups is 1. The molecule has 1 aliphatic rings. The van der Waals surface area contributed by atoms with Crippen LogP contribution in [0.15, 0.2) is 53.6 Å². The lowest BCUT2D eigenvalue weighted by Crippen LogP contribution is -2.17. The van der Waals surface area contributed by atoms with Gasteiger partial charge in [0.05, 0.1) is 18.9 Å². The first-order valence-electron chi connectivity index (χ1n) is 16.4. The number of hydrogen-bond acceptors (Lipinski definition) is 4. The van der Waals surface area contributed by atoms with Crippen molar-refractivity contribution in [3.05, 3.63) is 70.3 Å². The largest absolute Gasteiger partial charge is 0.493 e. The fraction of sp³-hybridized carbons (Fsp3) is 0.595. The summed E-state index contributed by atoms with van der Waals surface area (Å²) in [4.78, 5) is 16.7. The second kappa shape index (κ2) is 20.2. The normalized spacial score (nSPS) is 13.0. The summed E-state index contributed by atoms with van der Waals surface area (Å²) >= 11 is 1.87. The molecule has 0 radical (unpaired) electrons. The average Bonchev–Trinajstić information content (AvgIpc) is 3.36. The number of hydrogen-bond donors (Lipinski definition) is 1. The molecule has 0 aromatic heterocycles. The maximum Gasteiger partial charge on any atom is 0.228 e. The zero-order chi connectivity index (χ0) is 30.2. The standard InChI is InChI=1S/C37H56N2O2S.BrH/c1-6-7-8-9-10-11-12-13-14-15-16-17-24-41-35-26-33(37(3,4)5)21-20-32(35)25-36(40)38-34-22-18-31(19-23-34)28-39-27-30(2)42-29-39;/h18-23,26-27H,6-17,24-25,28-29H2,1-5H3,(H,38,40);1H. The van der Waals surface area contributed by atoms with Gasteiger partial charge in [-0.2, -0.15) is 0 Å². The van der Waals surface area contributed by atoms with Crippen LogP contribution in [0.3, 0.4) is 0 Å². The van der Waals surface area contributed by atoms with Crippen LogP contribution in [0.4, 0.5) is 5.69 Å². The number of ether oxygens (including phenoxy) is 1. The van der Waals surface area contributed by atoms with Crippen LogP contribution in [-0.2, 0) is 23.2 Å². The summed E-state index contributed by atoms with van der Waals surface area (Å²) in [7, 11) is 0. The third-order valence-electron chi connectivity index (χ3n) is 7.99. The van der Waals surface area contributed by atoms with Crippen molar-refractivity contribution in [2.45, 2.75) is 130 Å². The van der Waals surface area contributed by atoms with Crippen LogP contribution < -0.4 is 10.1 Å². The number of thioether (sulfide) groups is 1. The summed E-state index contributed by atoms with van der Waals surface area (Å²) in [6.07, 6.45) is 18.5. The molecule has 2 aromatic rings. The van der Waals surface area contributed by atoms with E-state index in [1.165, 1.54) is 86.7 Å². The van der Waals surface area contributed by atoms with Crippen molar-refractivity contribution in [1.29, 1.82) is 0 Å². The Bertz CT molecular complexity index is 1110. The zero-order valence-corrected chi connectivity index (χ0v) is 30.0. The van der Waals surface area contributed by atoms with Gasteiger partial charge in [0.15, 0.2) is 0 Å². The minimum Gasteiger partial charge on any atom is -0.493 e. The van der Waals surface area contributed by atoms with E-state index in [-0.39, 0.29) is 28.3 Å². The molecule has 0 unspecified atom stereocenters. The summed E-state index contributed by atoms with van der Waals surface area (Å²) in [6, 6.07) is 14.6. The Morgan fingerprint density at radius 3 is 2.05 bits per heavy atom. The molecule has 43 heavy (non-hydrogen) atoms.